The molecular weight excluding hydrogens is 346 g/mol. The summed E-state index contributed by atoms with van der Waals surface area (Å²) in [5.41, 5.74) is -0.524. The average Bonchev–Trinajstić information content (AvgIpc) is 2.80. The van der Waals surface area contributed by atoms with Gasteiger partial charge in [0, 0.05) is 32.7 Å². The average molecular weight is 378 g/mol. The van der Waals surface area contributed by atoms with Gasteiger partial charge in [-0.1, -0.05) is 0 Å². The fourth-order valence-electron chi connectivity index (χ4n) is 2.22. The van der Waals surface area contributed by atoms with Crippen LogP contribution in [0, 0.1) is 0 Å². The zero-order valence-corrected chi connectivity index (χ0v) is 16.4. The Morgan fingerprint density at radius 3 is 2.44 bits per heavy atom. The van der Waals surface area contributed by atoms with Crippen LogP contribution in [0.2, 0.25) is 0 Å². The summed E-state index contributed by atoms with van der Waals surface area (Å²) in [6.45, 7) is 10.3. The molecule has 1 heterocycles. The Morgan fingerprint density at radius 1 is 1.20 bits per heavy atom. The van der Waals surface area contributed by atoms with E-state index in [0.29, 0.717) is 51.6 Å². The number of hydrogen-bond donors (Lipinski definition) is 3. The third kappa shape index (κ3) is 8.92. The molecule has 0 aromatic carbocycles. The number of amides is 1. The molecule has 1 rings (SSSR count). The highest BCUT2D eigenvalue weighted by Crippen LogP contribution is 2.12. The summed E-state index contributed by atoms with van der Waals surface area (Å²) in [5, 5.41) is 8.82. The molecule has 0 aromatic rings. The molecule has 25 heavy (non-hydrogen) atoms. The summed E-state index contributed by atoms with van der Waals surface area (Å²) in [6.07, 6.45) is 0.219. The quantitative estimate of drug-likeness (QED) is 0.330. The molecule has 0 bridgehead atoms. The lowest BCUT2D eigenvalue weighted by molar-refractivity contribution is 0.0529. The molecule has 0 aromatic heterocycles. The van der Waals surface area contributed by atoms with Gasteiger partial charge in [0.25, 0.3) is 0 Å². The smallest absolute Gasteiger partial charge is 0.407 e. The molecule has 0 saturated carbocycles. The second-order valence-corrected chi connectivity index (χ2v) is 8.77. The topological polar surface area (TPSA) is 112 Å². The Bertz CT molecular complexity index is 557. The first-order chi connectivity index (χ1) is 11.6. The molecule has 1 aliphatic heterocycles. The van der Waals surface area contributed by atoms with Crippen molar-refractivity contribution in [3.63, 3.8) is 0 Å². The third-order valence-corrected chi connectivity index (χ3v) is 5.21. The second kappa shape index (κ2) is 9.81. The Kier molecular flexibility index (Phi) is 8.43. The van der Waals surface area contributed by atoms with Crippen molar-refractivity contribution in [2.45, 2.75) is 39.7 Å². The molecule has 0 unspecified atom stereocenters. The van der Waals surface area contributed by atoms with E-state index in [-0.39, 0.29) is 5.75 Å². The van der Waals surface area contributed by atoms with Crippen molar-refractivity contribution in [1.29, 1.82) is 0 Å². The lowest BCUT2D eigenvalue weighted by atomic mass is 10.2. The maximum Gasteiger partial charge on any atom is 0.407 e. The van der Waals surface area contributed by atoms with E-state index >= 15 is 0 Å². The molecule has 0 radical (unpaired) electrons. The van der Waals surface area contributed by atoms with Crippen LogP contribution < -0.4 is 16.0 Å². The van der Waals surface area contributed by atoms with Crippen molar-refractivity contribution in [2.24, 2.45) is 4.99 Å². The van der Waals surface area contributed by atoms with Gasteiger partial charge >= 0.3 is 6.09 Å². The molecule has 10 heteroatoms. The highest BCUT2D eigenvalue weighted by molar-refractivity contribution is 7.89. The molecule has 1 aliphatic rings. The third-order valence-electron chi connectivity index (χ3n) is 3.25. The maximum absolute atomic E-state index is 11.7. The van der Waals surface area contributed by atoms with E-state index in [1.165, 1.54) is 4.31 Å². The Morgan fingerprint density at radius 2 is 1.88 bits per heavy atom. The number of carbonyl (C=O) groups is 1. The molecule has 3 N–H and O–H groups in total. The molecule has 0 aliphatic carbocycles. The lowest BCUT2D eigenvalue weighted by Crippen LogP contribution is -2.42. The standard InChI is InChI=1S/C15H31N5O4S/c1-5-16-13(17-7-8-19-14(21)24-15(2,3)4)18-9-11-20-10-6-12-25(20,22)23/h5-12H2,1-4H3,(H,19,21)(H2,16,17,18). The Balaban J connectivity index is 2.32. The summed E-state index contributed by atoms with van der Waals surface area (Å²) >= 11 is 0. The van der Waals surface area contributed by atoms with Crippen LogP contribution in [0.15, 0.2) is 4.99 Å². The van der Waals surface area contributed by atoms with Gasteiger partial charge in [-0.3, -0.25) is 4.99 Å². The number of alkyl carbamates (subject to hydrolysis) is 1. The van der Waals surface area contributed by atoms with Crippen LogP contribution in [-0.2, 0) is 14.8 Å². The SMILES string of the molecule is CCNC(=NCCN1CCCS1(=O)=O)NCCNC(=O)OC(C)(C)C. The van der Waals surface area contributed by atoms with Gasteiger partial charge in [0.15, 0.2) is 5.96 Å². The zero-order valence-electron chi connectivity index (χ0n) is 15.6. The van der Waals surface area contributed by atoms with Crippen LogP contribution in [-0.4, -0.2) is 75.4 Å². The van der Waals surface area contributed by atoms with E-state index in [1.807, 2.05) is 6.92 Å². The number of nitrogens with one attached hydrogen (secondary N) is 3. The summed E-state index contributed by atoms with van der Waals surface area (Å²) in [4.78, 5) is 15.9. The van der Waals surface area contributed by atoms with Gasteiger partial charge in [-0.15, -0.1) is 0 Å². The molecule has 1 amide bonds. The first-order valence-corrected chi connectivity index (χ1v) is 10.2. The van der Waals surface area contributed by atoms with Crippen LogP contribution in [0.25, 0.3) is 0 Å². The van der Waals surface area contributed by atoms with Gasteiger partial charge in [-0.25, -0.2) is 17.5 Å². The minimum atomic E-state index is -3.08. The Labute approximate surface area is 150 Å². The van der Waals surface area contributed by atoms with Crippen molar-refractivity contribution < 1.29 is 17.9 Å². The van der Waals surface area contributed by atoms with E-state index in [1.54, 1.807) is 20.8 Å². The van der Waals surface area contributed by atoms with E-state index < -0.39 is 21.7 Å². The largest absolute Gasteiger partial charge is 0.444 e. The number of ether oxygens (including phenoxy) is 1. The van der Waals surface area contributed by atoms with Crippen molar-refractivity contribution in [3.05, 3.63) is 0 Å². The summed E-state index contributed by atoms with van der Waals surface area (Å²) in [7, 11) is -3.08. The minimum Gasteiger partial charge on any atom is -0.444 e. The summed E-state index contributed by atoms with van der Waals surface area (Å²) < 4.78 is 30.1. The second-order valence-electron chi connectivity index (χ2n) is 6.68. The van der Waals surface area contributed by atoms with Crippen molar-refractivity contribution >= 4 is 22.1 Å². The number of guanidine groups is 1. The maximum atomic E-state index is 11.7. The van der Waals surface area contributed by atoms with Crippen LogP contribution >= 0.6 is 0 Å². The van der Waals surface area contributed by atoms with Gasteiger partial charge in [-0.2, -0.15) is 0 Å². The first-order valence-electron chi connectivity index (χ1n) is 8.61. The van der Waals surface area contributed by atoms with Crippen LogP contribution in [0.3, 0.4) is 0 Å². The summed E-state index contributed by atoms with van der Waals surface area (Å²) in [5.74, 6) is 0.816. The van der Waals surface area contributed by atoms with E-state index in [2.05, 4.69) is 20.9 Å². The van der Waals surface area contributed by atoms with Crippen molar-refractivity contribution in [2.75, 3.05) is 45.0 Å². The monoisotopic (exact) mass is 377 g/mol. The highest BCUT2D eigenvalue weighted by Gasteiger charge is 2.27. The van der Waals surface area contributed by atoms with E-state index in [9.17, 15) is 13.2 Å². The summed E-state index contributed by atoms with van der Waals surface area (Å²) in [6, 6.07) is 0. The van der Waals surface area contributed by atoms with E-state index in [4.69, 9.17) is 4.74 Å². The highest BCUT2D eigenvalue weighted by atomic mass is 32.2. The number of nitrogens with zero attached hydrogens (tertiary/aromatic N) is 2. The minimum absolute atomic E-state index is 0.228. The number of hydrogen-bond acceptors (Lipinski definition) is 5. The predicted molar refractivity (Wildman–Crippen MR) is 98.2 cm³/mol. The number of aliphatic imine (C=N–C) groups is 1. The first kappa shape index (κ1) is 21.5. The van der Waals surface area contributed by atoms with Gasteiger partial charge in [-0.05, 0) is 34.1 Å². The molecule has 1 saturated heterocycles. The number of carbonyl (C=O) groups excluding carboxylic acids is 1. The van der Waals surface area contributed by atoms with Gasteiger partial charge in [0.2, 0.25) is 10.0 Å². The lowest BCUT2D eigenvalue weighted by Gasteiger charge is -2.20. The van der Waals surface area contributed by atoms with Gasteiger partial charge in [0.1, 0.15) is 5.60 Å². The molecule has 9 nitrogen and oxygen atoms in total. The van der Waals surface area contributed by atoms with Crippen LogP contribution in [0.5, 0.6) is 0 Å². The van der Waals surface area contributed by atoms with Crippen LogP contribution in [0.4, 0.5) is 4.79 Å². The fraction of sp³-hybridized carbons (Fsp3) is 0.867. The molecule has 146 valence electrons. The predicted octanol–water partition coefficient (Wildman–Crippen LogP) is 0.102. The Hall–Kier alpha value is -1.55. The van der Waals surface area contributed by atoms with Crippen LogP contribution in [0.1, 0.15) is 34.1 Å². The molecule has 1 fully saturated rings. The molecule has 0 atom stereocenters. The number of rotatable bonds is 7. The molecular formula is C15H31N5O4S. The number of sulfonamides is 1. The van der Waals surface area contributed by atoms with Gasteiger partial charge in [0.05, 0.1) is 12.3 Å². The van der Waals surface area contributed by atoms with Crippen molar-refractivity contribution in [1.82, 2.24) is 20.3 Å². The van der Waals surface area contributed by atoms with E-state index in [0.717, 1.165) is 0 Å². The van der Waals surface area contributed by atoms with Crippen molar-refractivity contribution in [3.8, 4) is 0 Å². The zero-order chi connectivity index (χ0) is 18.9. The molecule has 0 spiro atoms. The normalized spacial score (nSPS) is 18.0. The van der Waals surface area contributed by atoms with Gasteiger partial charge < -0.3 is 20.7 Å². The fourth-order valence-corrected chi connectivity index (χ4v) is 3.74.